The second-order valence-electron chi connectivity index (χ2n) is 8.35. The van der Waals surface area contributed by atoms with Crippen molar-refractivity contribution >= 4 is 43.5 Å². The number of para-hydroxylation sites is 1. The summed E-state index contributed by atoms with van der Waals surface area (Å²) in [5.74, 6) is 0. The molecular formula is C30H19N3. The van der Waals surface area contributed by atoms with Crippen LogP contribution in [0.5, 0.6) is 0 Å². The maximum Gasteiger partial charge on any atom is 0.0709 e. The number of aromatic nitrogens is 3. The van der Waals surface area contributed by atoms with E-state index >= 15 is 0 Å². The summed E-state index contributed by atoms with van der Waals surface area (Å²) in [6.45, 7) is 0. The van der Waals surface area contributed by atoms with E-state index in [4.69, 9.17) is 4.98 Å². The van der Waals surface area contributed by atoms with Gasteiger partial charge < -0.3 is 4.57 Å². The van der Waals surface area contributed by atoms with E-state index in [-0.39, 0.29) is 0 Å². The average Bonchev–Trinajstić information content (AvgIpc) is 3.23. The maximum absolute atomic E-state index is 4.94. The number of benzene rings is 4. The fourth-order valence-corrected chi connectivity index (χ4v) is 4.94. The predicted octanol–water partition coefficient (Wildman–Crippen LogP) is 7.55. The van der Waals surface area contributed by atoms with Gasteiger partial charge in [-0.2, -0.15) is 0 Å². The van der Waals surface area contributed by atoms with Gasteiger partial charge in [-0.1, -0.05) is 60.7 Å². The highest BCUT2D eigenvalue weighted by molar-refractivity contribution is 6.21. The molecule has 0 N–H and O–H groups in total. The second kappa shape index (κ2) is 7.01. The topological polar surface area (TPSA) is 30.7 Å². The van der Waals surface area contributed by atoms with E-state index < -0.39 is 0 Å². The summed E-state index contributed by atoms with van der Waals surface area (Å²) in [6.07, 6.45) is 3.74. The maximum atomic E-state index is 4.94. The molecule has 7 rings (SSSR count). The summed E-state index contributed by atoms with van der Waals surface area (Å²) in [7, 11) is 0. The summed E-state index contributed by atoms with van der Waals surface area (Å²) in [4.78, 5) is 9.32. The molecule has 0 aliphatic heterocycles. The summed E-state index contributed by atoms with van der Waals surface area (Å²) >= 11 is 0. The smallest absolute Gasteiger partial charge is 0.0709 e. The SMILES string of the molecule is c1cncc(-n2c3ccc(-c4ccc5ccccc5n4)cc3c3c4ccccc4ccc32)c1. The van der Waals surface area contributed by atoms with Crippen LogP contribution >= 0.6 is 0 Å². The molecule has 0 spiro atoms. The Morgan fingerprint density at radius 1 is 0.606 bits per heavy atom. The molecular weight excluding hydrogens is 402 g/mol. The Morgan fingerprint density at radius 2 is 1.42 bits per heavy atom. The highest BCUT2D eigenvalue weighted by atomic mass is 15.0. The number of rotatable bonds is 2. The van der Waals surface area contributed by atoms with Gasteiger partial charge in [0, 0.05) is 27.9 Å². The largest absolute Gasteiger partial charge is 0.308 e. The predicted molar refractivity (Wildman–Crippen MR) is 137 cm³/mol. The minimum absolute atomic E-state index is 0.984. The highest BCUT2D eigenvalue weighted by Crippen LogP contribution is 2.38. The third-order valence-electron chi connectivity index (χ3n) is 6.45. The monoisotopic (exact) mass is 421 g/mol. The minimum Gasteiger partial charge on any atom is -0.308 e. The van der Waals surface area contributed by atoms with Crippen molar-refractivity contribution in [1.82, 2.24) is 14.5 Å². The summed E-state index contributed by atoms with van der Waals surface area (Å²) in [5.41, 5.74) is 6.52. The Labute approximate surface area is 190 Å². The van der Waals surface area contributed by atoms with E-state index in [0.29, 0.717) is 0 Å². The van der Waals surface area contributed by atoms with Crippen LogP contribution in [0.15, 0.2) is 116 Å². The van der Waals surface area contributed by atoms with Gasteiger partial charge >= 0.3 is 0 Å². The molecule has 33 heavy (non-hydrogen) atoms. The van der Waals surface area contributed by atoms with Crippen molar-refractivity contribution in [2.45, 2.75) is 0 Å². The molecule has 0 saturated carbocycles. The van der Waals surface area contributed by atoms with Gasteiger partial charge in [-0.15, -0.1) is 0 Å². The fraction of sp³-hybridized carbons (Fsp3) is 0. The molecule has 154 valence electrons. The van der Waals surface area contributed by atoms with E-state index in [1.807, 2.05) is 30.6 Å². The number of pyridine rings is 2. The fourth-order valence-electron chi connectivity index (χ4n) is 4.94. The molecule has 0 fully saturated rings. The van der Waals surface area contributed by atoms with Gasteiger partial charge in [0.2, 0.25) is 0 Å². The lowest BCUT2D eigenvalue weighted by Crippen LogP contribution is -1.94. The molecule has 7 aromatic rings. The standard InChI is InChI=1S/C30H19N3/c1-3-9-24-20(6-1)12-16-29-30(24)25-18-22(27-14-11-21-7-2-4-10-26(21)32-27)13-15-28(25)33(29)23-8-5-17-31-19-23/h1-19H. The van der Waals surface area contributed by atoms with Crippen molar-refractivity contribution < 1.29 is 0 Å². The lowest BCUT2D eigenvalue weighted by atomic mass is 10.0. The van der Waals surface area contributed by atoms with Crippen molar-refractivity contribution in [3.63, 3.8) is 0 Å². The van der Waals surface area contributed by atoms with Crippen LogP contribution in [-0.2, 0) is 0 Å². The van der Waals surface area contributed by atoms with E-state index in [2.05, 4.69) is 94.5 Å². The van der Waals surface area contributed by atoms with Gasteiger partial charge in [0.05, 0.1) is 34.1 Å². The van der Waals surface area contributed by atoms with Crippen LogP contribution < -0.4 is 0 Å². The Kier molecular flexibility index (Phi) is 3.84. The molecule has 0 unspecified atom stereocenters. The van der Waals surface area contributed by atoms with Gasteiger partial charge in [-0.05, 0) is 53.2 Å². The van der Waals surface area contributed by atoms with Crippen LogP contribution in [0, 0.1) is 0 Å². The first-order chi connectivity index (χ1) is 16.4. The number of hydrogen-bond donors (Lipinski definition) is 0. The third-order valence-corrected chi connectivity index (χ3v) is 6.45. The Hall–Kier alpha value is -4.50. The van der Waals surface area contributed by atoms with E-state index in [0.717, 1.165) is 27.8 Å². The zero-order valence-electron chi connectivity index (χ0n) is 17.8. The quantitative estimate of drug-likeness (QED) is 0.289. The van der Waals surface area contributed by atoms with Gasteiger partial charge in [0.25, 0.3) is 0 Å². The van der Waals surface area contributed by atoms with Gasteiger partial charge in [0.15, 0.2) is 0 Å². The van der Waals surface area contributed by atoms with E-state index in [1.165, 1.54) is 32.6 Å². The molecule has 0 aliphatic rings. The lowest BCUT2D eigenvalue weighted by Gasteiger charge is -2.08. The molecule has 0 saturated heterocycles. The third kappa shape index (κ3) is 2.76. The van der Waals surface area contributed by atoms with Crippen molar-refractivity contribution in [3.05, 3.63) is 116 Å². The summed E-state index contributed by atoms with van der Waals surface area (Å²) in [6, 6.07) is 36.3. The molecule has 3 heteroatoms. The molecule has 0 bridgehead atoms. The van der Waals surface area contributed by atoms with Crippen LogP contribution in [0.25, 0.3) is 60.4 Å². The van der Waals surface area contributed by atoms with Crippen molar-refractivity contribution in [1.29, 1.82) is 0 Å². The highest BCUT2D eigenvalue weighted by Gasteiger charge is 2.16. The van der Waals surface area contributed by atoms with Gasteiger partial charge in [0.1, 0.15) is 0 Å². The zero-order valence-corrected chi connectivity index (χ0v) is 17.8. The molecule has 4 aromatic carbocycles. The molecule has 3 nitrogen and oxygen atoms in total. The first-order valence-electron chi connectivity index (χ1n) is 11.1. The zero-order chi connectivity index (χ0) is 21.8. The van der Waals surface area contributed by atoms with Gasteiger partial charge in [-0.3, -0.25) is 4.98 Å². The first-order valence-corrected chi connectivity index (χ1v) is 11.1. The average molecular weight is 422 g/mol. The first kappa shape index (κ1) is 18.1. The van der Waals surface area contributed by atoms with Crippen LogP contribution in [0.3, 0.4) is 0 Å². The number of fused-ring (bicyclic) bond motifs is 6. The molecule has 0 radical (unpaired) electrons. The number of nitrogens with zero attached hydrogens (tertiary/aromatic N) is 3. The van der Waals surface area contributed by atoms with Gasteiger partial charge in [-0.25, -0.2) is 4.98 Å². The lowest BCUT2D eigenvalue weighted by molar-refractivity contribution is 1.14. The summed E-state index contributed by atoms with van der Waals surface area (Å²) < 4.78 is 2.31. The Bertz CT molecular complexity index is 1810. The van der Waals surface area contributed by atoms with Crippen molar-refractivity contribution in [3.8, 4) is 16.9 Å². The van der Waals surface area contributed by atoms with E-state index in [9.17, 15) is 0 Å². The van der Waals surface area contributed by atoms with Crippen LogP contribution in [0.1, 0.15) is 0 Å². The van der Waals surface area contributed by atoms with Crippen molar-refractivity contribution in [2.75, 3.05) is 0 Å². The minimum atomic E-state index is 0.984. The Morgan fingerprint density at radius 3 is 2.33 bits per heavy atom. The molecule has 0 amide bonds. The van der Waals surface area contributed by atoms with E-state index in [1.54, 1.807) is 0 Å². The normalized spacial score (nSPS) is 11.6. The molecule has 0 atom stereocenters. The Balaban J connectivity index is 1.58. The molecule has 3 aromatic heterocycles. The van der Waals surface area contributed by atoms with Crippen LogP contribution in [-0.4, -0.2) is 14.5 Å². The second-order valence-corrected chi connectivity index (χ2v) is 8.35. The molecule has 0 aliphatic carbocycles. The molecule has 3 heterocycles. The number of hydrogen-bond acceptors (Lipinski definition) is 2. The summed E-state index contributed by atoms with van der Waals surface area (Å²) in [5, 5.41) is 6.13. The van der Waals surface area contributed by atoms with Crippen molar-refractivity contribution in [2.24, 2.45) is 0 Å². The van der Waals surface area contributed by atoms with Crippen LogP contribution in [0.2, 0.25) is 0 Å². The van der Waals surface area contributed by atoms with Crippen LogP contribution in [0.4, 0.5) is 0 Å².